The Balaban J connectivity index is 1.47. The fraction of sp³-hybridized carbons (Fsp3) is 0.222. The van der Waals surface area contributed by atoms with Gasteiger partial charge in [0, 0.05) is 36.6 Å². The van der Waals surface area contributed by atoms with Crippen LogP contribution in [0.3, 0.4) is 0 Å². The number of piperazine rings is 1. The lowest BCUT2D eigenvalue weighted by Gasteiger charge is -2.41. The maximum atomic E-state index is 12.5. The molecule has 0 bridgehead atoms. The fourth-order valence-corrected chi connectivity index (χ4v) is 4.90. The number of para-hydroxylation sites is 1. The van der Waals surface area contributed by atoms with Crippen molar-refractivity contribution in [2.45, 2.75) is 12.6 Å². The maximum absolute atomic E-state index is 12.5. The minimum Gasteiger partial charge on any atom is -0.422 e. The van der Waals surface area contributed by atoms with Gasteiger partial charge in [-0.05, 0) is 35.4 Å². The molecule has 0 amide bonds. The van der Waals surface area contributed by atoms with Crippen LogP contribution in [0.1, 0.15) is 22.7 Å². The first-order chi connectivity index (χ1) is 16.2. The van der Waals surface area contributed by atoms with Crippen molar-refractivity contribution in [1.82, 2.24) is 4.90 Å². The van der Waals surface area contributed by atoms with Crippen molar-refractivity contribution in [1.29, 1.82) is 0 Å². The third kappa shape index (κ3) is 4.27. The Morgan fingerprint density at radius 3 is 2.18 bits per heavy atom. The van der Waals surface area contributed by atoms with Crippen LogP contribution in [-0.2, 0) is 6.61 Å². The lowest BCUT2D eigenvalue weighted by atomic mass is 9.96. The number of aliphatic hydroxyl groups excluding tert-OH is 1. The summed E-state index contributed by atoms with van der Waals surface area (Å²) in [6, 6.07) is 26.2. The van der Waals surface area contributed by atoms with Gasteiger partial charge in [0.1, 0.15) is 5.58 Å². The van der Waals surface area contributed by atoms with Crippen molar-refractivity contribution in [3.8, 4) is 0 Å². The molecule has 1 N–H and O–H groups in total. The minimum absolute atomic E-state index is 0.112. The summed E-state index contributed by atoms with van der Waals surface area (Å²) in [6.45, 7) is 2.73. The van der Waals surface area contributed by atoms with Crippen LogP contribution >= 0.6 is 11.6 Å². The number of benzene rings is 3. The zero-order valence-electron chi connectivity index (χ0n) is 18.2. The molecule has 1 aromatic heterocycles. The average Bonchev–Trinajstić information content (AvgIpc) is 2.86. The molecule has 1 fully saturated rings. The summed E-state index contributed by atoms with van der Waals surface area (Å²) in [7, 11) is 0. The van der Waals surface area contributed by atoms with Gasteiger partial charge in [-0.3, -0.25) is 4.90 Å². The van der Waals surface area contributed by atoms with Crippen LogP contribution < -0.4 is 10.5 Å². The van der Waals surface area contributed by atoms with Gasteiger partial charge in [-0.15, -0.1) is 0 Å². The van der Waals surface area contributed by atoms with E-state index in [1.165, 1.54) is 11.1 Å². The molecule has 1 atom stereocenters. The predicted molar refractivity (Wildman–Crippen MR) is 132 cm³/mol. The van der Waals surface area contributed by atoms with Crippen LogP contribution in [0.2, 0.25) is 5.02 Å². The highest BCUT2D eigenvalue weighted by Gasteiger charge is 2.29. The highest BCUT2D eigenvalue weighted by molar-refractivity contribution is 6.30. The van der Waals surface area contributed by atoms with Gasteiger partial charge in [0.15, 0.2) is 0 Å². The Hall–Kier alpha value is -3.12. The first-order valence-electron chi connectivity index (χ1n) is 11.1. The van der Waals surface area contributed by atoms with E-state index in [0.717, 1.165) is 42.3 Å². The molecule has 0 saturated carbocycles. The number of rotatable bonds is 5. The molecular formula is C27H25ClN2O3. The van der Waals surface area contributed by atoms with Gasteiger partial charge in [-0.1, -0.05) is 66.2 Å². The van der Waals surface area contributed by atoms with Crippen LogP contribution in [0.25, 0.3) is 11.0 Å². The lowest BCUT2D eigenvalue weighted by Crippen LogP contribution is -2.48. The maximum Gasteiger partial charge on any atom is 0.343 e. The van der Waals surface area contributed by atoms with E-state index < -0.39 is 5.63 Å². The number of hydrogen-bond donors (Lipinski definition) is 1. The summed E-state index contributed by atoms with van der Waals surface area (Å²) in [6.07, 6.45) is 0. The van der Waals surface area contributed by atoms with Crippen LogP contribution in [-0.4, -0.2) is 36.2 Å². The number of anilines is 1. The average molecular weight is 461 g/mol. The Morgan fingerprint density at radius 1 is 0.848 bits per heavy atom. The van der Waals surface area contributed by atoms with Crippen LogP contribution in [0.5, 0.6) is 0 Å². The van der Waals surface area contributed by atoms with Crippen molar-refractivity contribution < 1.29 is 9.52 Å². The van der Waals surface area contributed by atoms with Crippen molar-refractivity contribution in [3.05, 3.63) is 111 Å². The molecule has 0 spiro atoms. The summed E-state index contributed by atoms with van der Waals surface area (Å²) >= 11 is 6.15. The van der Waals surface area contributed by atoms with E-state index in [4.69, 9.17) is 16.0 Å². The van der Waals surface area contributed by atoms with Gasteiger partial charge in [0.25, 0.3) is 0 Å². The molecule has 168 valence electrons. The molecule has 1 unspecified atom stereocenters. The molecular weight excluding hydrogens is 436 g/mol. The summed E-state index contributed by atoms with van der Waals surface area (Å²) in [5, 5.41) is 11.5. The molecule has 4 aromatic rings. The highest BCUT2D eigenvalue weighted by Crippen LogP contribution is 2.34. The molecule has 3 aromatic carbocycles. The van der Waals surface area contributed by atoms with Gasteiger partial charge in [-0.2, -0.15) is 0 Å². The molecule has 0 aliphatic carbocycles. The fourth-order valence-electron chi connectivity index (χ4n) is 4.77. The Morgan fingerprint density at radius 2 is 1.48 bits per heavy atom. The Bertz CT molecular complexity index is 1300. The molecule has 5 rings (SSSR count). The third-order valence-corrected chi connectivity index (χ3v) is 6.58. The lowest BCUT2D eigenvalue weighted by molar-refractivity contribution is 0.211. The smallest absolute Gasteiger partial charge is 0.343 e. The van der Waals surface area contributed by atoms with Crippen molar-refractivity contribution in [3.63, 3.8) is 0 Å². The number of aliphatic hydroxyl groups is 1. The van der Waals surface area contributed by atoms with Gasteiger partial charge in [0.2, 0.25) is 0 Å². The normalized spacial score (nSPS) is 15.6. The summed E-state index contributed by atoms with van der Waals surface area (Å²) in [5.41, 5.74) is 3.60. The zero-order valence-corrected chi connectivity index (χ0v) is 18.9. The second-order valence-corrected chi connectivity index (χ2v) is 8.70. The molecule has 1 saturated heterocycles. The number of fused-ring (bicyclic) bond motifs is 1. The van der Waals surface area contributed by atoms with Crippen molar-refractivity contribution in [2.75, 3.05) is 31.1 Å². The summed E-state index contributed by atoms with van der Waals surface area (Å²) in [5.74, 6) is 0. The van der Waals surface area contributed by atoms with Crippen molar-refractivity contribution in [2.24, 2.45) is 0 Å². The molecule has 0 radical (unpaired) electrons. The first-order valence-corrected chi connectivity index (χ1v) is 11.5. The second-order valence-electron chi connectivity index (χ2n) is 8.26. The van der Waals surface area contributed by atoms with E-state index in [1.54, 1.807) is 6.07 Å². The molecule has 1 aliphatic heterocycles. The highest BCUT2D eigenvalue weighted by atomic mass is 35.5. The topological polar surface area (TPSA) is 56.9 Å². The van der Waals surface area contributed by atoms with Gasteiger partial charge in [-0.25, -0.2) is 4.79 Å². The van der Waals surface area contributed by atoms with E-state index in [9.17, 15) is 9.90 Å². The van der Waals surface area contributed by atoms with E-state index in [1.807, 2.05) is 36.4 Å². The molecule has 2 heterocycles. The third-order valence-electron chi connectivity index (χ3n) is 6.33. The Labute approximate surface area is 197 Å². The number of halogens is 1. The van der Waals surface area contributed by atoms with E-state index >= 15 is 0 Å². The van der Waals surface area contributed by atoms with Crippen LogP contribution in [0.4, 0.5) is 5.69 Å². The van der Waals surface area contributed by atoms with Gasteiger partial charge in [0.05, 0.1) is 23.9 Å². The summed E-state index contributed by atoms with van der Waals surface area (Å²) < 4.78 is 5.44. The molecule has 1 aliphatic rings. The van der Waals surface area contributed by atoms with Crippen molar-refractivity contribution >= 4 is 28.3 Å². The minimum atomic E-state index is -0.475. The quantitative estimate of drug-likeness (QED) is 0.431. The van der Waals surface area contributed by atoms with Gasteiger partial charge < -0.3 is 14.4 Å². The predicted octanol–water partition coefficient (Wildman–Crippen LogP) is 4.85. The Kier molecular flexibility index (Phi) is 6.18. The molecule has 6 heteroatoms. The monoisotopic (exact) mass is 460 g/mol. The standard InChI is InChI=1S/C27H25ClN2O3/c28-21-12-10-20(11-13-21)25(19-6-2-1-3-7-19)29-14-16-30(17-15-29)26-22-8-4-5-9-24(22)33-27(32)23(26)18-31/h1-13,25,31H,14-18H2. The summed E-state index contributed by atoms with van der Waals surface area (Å²) in [4.78, 5) is 17.2. The van der Waals surface area contributed by atoms with Crippen LogP contribution in [0.15, 0.2) is 88.1 Å². The van der Waals surface area contributed by atoms with E-state index in [2.05, 4.69) is 46.2 Å². The number of hydrogen-bond acceptors (Lipinski definition) is 5. The first kappa shape index (κ1) is 21.7. The van der Waals surface area contributed by atoms with Crippen LogP contribution in [0, 0.1) is 0 Å². The number of nitrogens with zero attached hydrogens (tertiary/aromatic N) is 2. The molecule has 5 nitrogen and oxygen atoms in total. The second kappa shape index (κ2) is 9.40. The largest absolute Gasteiger partial charge is 0.422 e. The molecule has 33 heavy (non-hydrogen) atoms. The zero-order chi connectivity index (χ0) is 22.8. The van der Waals surface area contributed by atoms with Gasteiger partial charge >= 0.3 is 5.63 Å². The van der Waals surface area contributed by atoms with E-state index in [-0.39, 0.29) is 12.6 Å². The van der Waals surface area contributed by atoms with E-state index in [0.29, 0.717) is 11.1 Å². The SMILES string of the molecule is O=c1oc2ccccc2c(N2CCN(C(c3ccccc3)c3ccc(Cl)cc3)CC2)c1CO.